The summed E-state index contributed by atoms with van der Waals surface area (Å²) in [4.78, 5) is 0. The van der Waals surface area contributed by atoms with E-state index in [-0.39, 0.29) is 83.5 Å². The minimum atomic E-state index is 0. The summed E-state index contributed by atoms with van der Waals surface area (Å²) >= 11 is 0. The Bertz CT molecular complexity index is 2170. The number of hydrogen-bond donors (Lipinski definition) is 6. The van der Waals surface area contributed by atoms with Crippen LogP contribution in [0.15, 0.2) is 107 Å². The number of hydrogen-bond acceptors (Lipinski definition) is 6. The summed E-state index contributed by atoms with van der Waals surface area (Å²) in [5, 5.41) is 62.1. The monoisotopic (exact) mass is 993 g/mol. The molecular weight excluding hydrogens is 901 g/mol. The Balaban J connectivity index is 0.000000988. The molecule has 4 atom stereocenters. The minimum Gasteiger partial charge on any atom is -0.508 e. The van der Waals surface area contributed by atoms with Gasteiger partial charge in [0.15, 0.2) is 0 Å². The van der Waals surface area contributed by atoms with Gasteiger partial charge in [0.2, 0.25) is 0 Å². The SMILES string of the molecule is C=C(C)C1CCC(C)=CC1c1c(O)cc(CCC)cc1O.C=C(C)C1CCC(C)=CC1c1c(O)cc(CCCCC)cc1O.CCCc1cc(O)c(C/C=C(\C)CCC=C(C)C)c(O)c1.[2H]C[B].[2H][CH-][B].[V]. The summed E-state index contributed by atoms with van der Waals surface area (Å²) in [6.45, 7) is 29.9. The standard InChI is InChI=1S/C21H30O2.C19H26O2.C19H28O2.CH3B.CH2B.V/c1-5-6-7-8-16-12-19(22)21(20(23)13-16)18-11-15(4)9-10-17(18)14(2)3;1-5-6-14-10-17(20)19(18(21)11-14)16-9-13(4)7-8-15(16)12(2)3;1-5-7-16-12-18(20)17(19(21)13-16)11-10-15(4)9-6-8-14(2)3;2*1-2;/h11-13,17-18,22-23H,2,5-10H2,1,3-4H3;9-11,15-16,20-21H,2,5-8H2,1,3-4H3;8,10,12-13,20-21H,5-7,9,11H2,1-4H3;1H3;1H2;/q;;;;-1;/b;;15-10+;;;/i;;;2*1D;. The molecule has 3 aromatic rings. The molecule has 2 aliphatic rings. The number of phenols is 6. The predicted octanol–water partition coefficient (Wildman–Crippen LogP) is 16.3. The molecule has 2 aliphatic carbocycles. The van der Waals surface area contributed by atoms with Crippen molar-refractivity contribution in [3.63, 3.8) is 0 Å². The molecule has 0 aliphatic heterocycles. The Kier molecular flexibility index (Phi) is 30.7. The molecule has 5 rings (SSSR count). The molecule has 0 spiro atoms. The van der Waals surface area contributed by atoms with Gasteiger partial charge in [0.05, 0.1) is 7.85 Å². The van der Waals surface area contributed by atoms with Crippen LogP contribution in [0.25, 0.3) is 0 Å². The van der Waals surface area contributed by atoms with Gasteiger partial charge >= 0.3 is 0 Å². The Morgan fingerprint density at radius 3 is 1.37 bits per heavy atom. The van der Waals surface area contributed by atoms with Crippen LogP contribution in [0.1, 0.15) is 188 Å². The van der Waals surface area contributed by atoms with Gasteiger partial charge < -0.3 is 37.4 Å². The fraction of sp³-hybridized carbons (Fsp3) is 0.492. The molecule has 6 N–H and O–H groups in total. The maximum Gasteiger partial charge on any atom is 0.123 e. The molecule has 0 heterocycles. The number of benzene rings is 3. The van der Waals surface area contributed by atoms with E-state index in [1.807, 2.05) is 26.0 Å². The number of aryl methyl sites for hydroxylation is 3. The quantitative estimate of drug-likeness (QED) is 0.0347. The summed E-state index contributed by atoms with van der Waals surface area (Å²) in [5.74, 6) is 1.86. The van der Waals surface area contributed by atoms with E-state index in [4.69, 9.17) is 2.74 Å². The summed E-state index contributed by atoms with van der Waals surface area (Å²) in [6, 6.07) is 10.8. The number of allylic oxidation sites excluding steroid dienone is 10. The van der Waals surface area contributed by atoms with Gasteiger partial charge in [0.25, 0.3) is 0 Å². The zero-order valence-corrected chi connectivity index (χ0v) is 46.1. The van der Waals surface area contributed by atoms with Crippen molar-refractivity contribution in [3.8, 4) is 34.5 Å². The van der Waals surface area contributed by atoms with E-state index in [2.05, 4.69) is 109 Å². The zero-order chi connectivity index (χ0) is 53.8. The average molecular weight is 993 g/mol. The first-order chi connectivity index (χ1) is 33.6. The van der Waals surface area contributed by atoms with Crippen LogP contribution in [0.2, 0.25) is 6.80 Å². The van der Waals surface area contributed by atoms with E-state index in [9.17, 15) is 30.6 Å². The molecule has 3 aromatic carbocycles. The van der Waals surface area contributed by atoms with E-state index in [1.54, 1.807) is 24.3 Å². The van der Waals surface area contributed by atoms with Gasteiger partial charge in [-0.05, 0) is 184 Å². The maximum absolute atomic E-state index is 10.5. The second-order valence-electron chi connectivity index (χ2n) is 19.3. The van der Waals surface area contributed by atoms with E-state index >= 15 is 0 Å². The molecule has 6 nitrogen and oxygen atoms in total. The summed E-state index contributed by atoms with van der Waals surface area (Å²) in [6.07, 6.45) is 23.6. The van der Waals surface area contributed by atoms with Crippen molar-refractivity contribution < 1.29 is 51.9 Å². The summed E-state index contributed by atoms with van der Waals surface area (Å²) in [7, 11) is 8.90. The van der Waals surface area contributed by atoms with Crippen molar-refractivity contribution in [2.24, 2.45) is 11.8 Å². The first-order valence-corrected chi connectivity index (χ1v) is 25.1. The van der Waals surface area contributed by atoms with Crippen LogP contribution < -0.4 is 0 Å². The third-order valence-electron chi connectivity index (χ3n) is 13.0. The fourth-order valence-corrected chi connectivity index (χ4v) is 9.32. The molecule has 0 amide bonds. The van der Waals surface area contributed by atoms with Gasteiger partial charge in [-0.25, -0.2) is 1.37 Å². The molecular formula is C61H89B2O6V-. The summed E-state index contributed by atoms with van der Waals surface area (Å²) < 4.78 is 11.8. The van der Waals surface area contributed by atoms with Gasteiger partial charge in [0.1, 0.15) is 34.5 Å². The van der Waals surface area contributed by atoms with E-state index in [0.29, 0.717) is 23.1 Å². The van der Waals surface area contributed by atoms with Crippen LogP contribution in [0.4, 0.5) is 0 Å². The van der Waals surface area contributed by atoms with Crippen LogP contribution in [-0.2, 0) is 44.2 Å². The van der Waals surface area contributed by atoms with Crippen LogP contribution >= 0.6 is 0 Å². The van der Waals surface area contributed by atoms with E-state index in [0.717, 1.165) is 112 Å². The molecule has 0 saturated heterocycles. The topological polar surface area (TPSA) is 121 Å². The Hall–Kier alpha value is -4.39. The smallest absolute Gasteiger partial charge is 0.123 e. The van der Waals surface area contributed by atoms with Crippen molar-refractivity contribution in [2.45, 2.75) is 184 Å². The molecule has 4 unspecified atom stereocenters. The Morgan fingerprint density at radius 2 is 1.03 bits per heavy atom. The van der Waals surface area contributed by atoms with Crippen molar-refractivity contribution in [2.75, 3.05) is 0 Å². The summed E-state index contributed by atoms with van der Waals surface area (Å²) in [5.41, 5.74) is 12.4. The van der Waals surface area contributed by atoms with Gasteiger partial charge in [-0.3, -0.25) is 0 Å². The van der Waals surface area contributed by atoms with Crippen LogP contribution in [0.5, 0.6) is 34.5 Å². The largest absolute Gasteiger partial charge is 0.508 e. The molecule has 0 fully saturated rings. The second-order valence-corrected chi connectivity index (χ2v) is 19.3. The molecule has 0 bridgehead atoms. The Morgan fingerprint density at radius 1 is 0.657 bits per heavy atom. The van der Waals surface area contributed by atoms with Gasteiger partial charge in [-0.2, -0.15) is 7.85 Å². The maximum atomic E-state index is 10.5. The first kappa shape index (κ1) is 61.7. The second kappa shape index (κ2) is 34.9. The van der Waals surface area contributed by atoms with Gasteiger partial charge in [0, 0.05) is 48.5 Å². The third kappa shape index (κ3) is 21.5. The number of unbranched alkanes of at least 4 members (excludes halogenated alkanes) is 2. The number of aromatic hydroxyl groups is 6. The molecule has 0 saturated carbocycles. The first-order valence-electron chi connectivity index (χ1n) is 26.4. The molecule has 381 valence electrons. The van der Waals surface area contributed by atoms with Gasteiger partial charge in [-0.1, -0.05) is 124 Å². The van der Waals surface area contributed by atoms with Crippen LogP contribution in [0, 0.1) is 18.6 Å². The van der Waals surface area contributed by atoms with E-state index in [1.165, 1.54) is 35.1 Å². The van der Waals surface area contributed by atoms with Crippen LogP contribution in [0.3, 0.4) is 0 Å². The third-order valence-corrected chi connectivity index (χ3v) is 13.0. The van der Waals surface area contributed by atoms with Crippen molar-refractivity contribution in [1.29, 1.82) is 0 Å². The molecule has 70 heavy (non-hydrogen) atoms. The van der Waals surface area contributed by atoms with Crippen molar-refractivity contribution in [1.82, 2.24) is 0 Å². The minimum absolute atomic E-state index is 0. The molecule has 5 radical (unpaired) electrons. The average Bonchev–Trinajstić information content (AvgIpc) is 3.27. The normalized spacial score (nSPS) is 17.5. The zero-order valence-electron chi connectivity index (χ0n) is 46.7. The van der Waals surface area contributed by atoms with Gasteiger partial charge in [-0.15, -0.1) is 0 Å². The predicted molar refractivity (Wildman–Crippen MR) is 297 cm³/mol. The van der Waals surface area contributed by atoms with Crippen molar-refractivity contribution >= 4 is 15.7 Å². The number of phenolic OH excluding ortho intramolecular Hbond substituents is 6. The Labute approximate surface area is 443 Å². The molecule has 9 heteroatoms. The number of rotatable bonds is 17. The van der Waals surface area contributed by atoms with Crippen molar-refractivity contribution in [3.05, 3.63) is 147 Å². The van der Waals surface area contributed by atoms with E-state index < -0.39 is 0 Å². The van der Waals surface area contributed by atoms with Crippen LogP contribution in [-0.4, -0.2) is 46.3 Å². The molecule has 0 aromatic heterocycles. The fourth-order valence-electron chi connectivity index (χ4n) is 9.32.